The summed E-state index contributed by atoms with van der Waals surface area (Å²) in [5.74, 6) is -3.96. The lowest BCUT2D eigenvalue weighted by molar-refractivity contribution is -0.143. The van der Waals surface area contributed by atoms with Crippen molar-refractivity contribution in [2.75, 3.05) is 13.2 Å². The zero-order chi connectivity index (χ0) is 24.1. The van der Waals surface area contributed by atoms with Crippen LogP contribution in [0.5, 0.6) is 0 Å². The standard InChI is InChI=1S/C19H37N5O7/c1-4-10(2)15(24-17(28)14(21)11(3)26)18(29)23-13(9-25)16(27)22-12(19(30)31)7-5-6-8-20/h10-15,25-26H,4-9,20-21H2,1-3H3,(H,22,27)(H,23,29)(H,24,28)(H,30,31). The first-order chi connectivity index (χ1) is 14.5. The van der Waals surface area contributed by atoms with Crippen LogP contribution in [0.1, 0.15) is 46.5 Å². The van der Waals surface area contributed by atoms with Crippen LogP contribution in [0.25, 0.3) is 0 Å². The van der Waals surface area contributed by atoms with E-state index in [1.165, 1.54) is 6.92 Å². The van der Waals surface area contributed by atoms with Crippen LogP contribution in [0.15, 0.2) is 0 Å². The molecule has 0 aromatic carbocycles. The minimum absolute atomic E-state index is 0.146. The van der Waals surface area contributed by atoms with Gasteiger partial charge < -0.3 is 42.7 Å². The van der Waals surface area contributed by atoms with Crippen molar-refractivity contribution in [1.82, 2.24) is 16.0 Å². The van der Waals surface area contributed by atoms with Gasteiger partial charge in [-0.1, -0.05) is 20.3 Å². The van der Waals surface area contributed by atoms with Gasteiger partial charge in [-0.05, 0) is 38.6 Å². The number of nitrogens with two attached hydrogens (primary N) is 2. The maximum atomic E-state index is 12.7. The van der Waals surface area contributed by atoms with Gasteiger partial charge >= 0.3 is 5.97 Å². The quantitative estimate of drug-likeness (QED) is 0.123. The number of unbranched alkanes of at least 4 members (excludes halogenated alkanes) is 1. The Balaban J connectivity index is 5.23. The maximum Gasteiger partial charge on any atom is 0.326 e. The van der Waals surface area contributed by atoms with Gasteiger partial charge in [0.1, 0.15) is 24.2 Å². The Morgan fingerprint density at radius 1 is 0.935 bits per heavy atom. The van der Waals surface area contributed by atoms with Gasteiger partial charge in [0.05, 0.1) is 12.7 Å². The first kappa shape index (κ1) is 28.7. The third kappa shape index (κ3) is 10.0. The largest absolute Gasteiger partial charge is 0.480 e. The van der Waals surface area contributed by atoms with Crippen LogP contribution in [0, 0.1) is 5.92 Å². The maximum absolute atomic E-state index is 12.7. The molecular formula is C19H37N5O7. The fourth-order valence-corrected chi connectivity index (χ4v) is 2.65. The normalized spacial score (nSPS) is 16.9. The SMILES string of the molecule is CCC(C)C(NC(=O)C(N)C(C)O)C(=O)NC(CO)C(=O)NC(CCCCN)C(=O)O. The Morgan fingerprint density at radius 2 is 1.52 bits per heavy atom. The van der Waals surface area contributed by atoms with Crippen molar-refractivity contribution in [3.63, 3.8) is 0 Å². The van der Waals surface area contributed by atoms with Crippen LogP contribution in [0.2, 0.25) is 0 Å². The fraction of sp³-hybridized carbons (Fsp3) is 0.789. The third-order valence-corrected chi connectivity index (χ3v) is 4.99. The van der Waals surface area contributed by atoms with E-state index in [0.717, 1.165) is 0 Å². The molecule has 0 fully saturated rings. The van der Waals surface area contributed by atoms with Gasteiger partial charge in [0, 0.05) is 0 Å². The van der Waals surface area contributed by atoms with E-state index in [-0.39, 0.29) is 12.3 Å². The third-order valence-electron chi connectivity index (χ3n) is 4.99. The van der Waals surface area contributed by atoms with Gasteiger partial charge in [-0.15, -0.1) is 0 Å². The van der Waals surface area contributed by atoms with Crippen molar-refractivity contribution < 1.29 is 34.5 Å². The van der Waals surface area contributed by atoms with Crippen LogP contribution in [0.4, 0.5) is 0 Å². The van der Waals surface area contributed by atoms with Gasteiger partial charge in [-0.25, -0.2) is 4.79 Å². The summed E-state index contributed by atoms with van der Waals surface area (Å²) in [6, 6.07) is -4.94. The smallest absolute Gasteiger partial charge is 0.326 e. The Kier molecular flexibility index (Phi) is 13.6. The Morgan fingerprint density at radius 3 is 1.97 bits per heavy atom. The molecule has 3 amide bonds. The van der Waals surface area contributed by atoms with Gasteiger partial charge in [-0.3, -0.25) is 14.4 Å². The molecule has 6 unspecified atom stereocenters. The summed E-state index contributed by atoms with van der Waals surface area (Å²) < 4.78 is 0. The number of hydrogen-bond donors (Lipinski definition) is 8. The van der Waals surface area contributed by atoms with Crippen LogP contribution < -0.4 is 27.4 Å². The Bertz CT molecular complexity index is 602. The van der Waals surface area contributed by atoms with Crippen molar-refractivity contribution in [3.8, 4) is 0 Å². The number of amides is 3. The highest BCUT2D eigenvalue weighted by atomic mass is 16.4. The number of carbonyl (C=O) groups excluding carboxylic acids is 3. The molecule has 0 saturated heterocycles. The predicted octanol–water partition coefficient (Wildman–Crippen LogP) is -2.60. The molecule has 12 heteroatoms. The summed E-state index contributed by atoms with van der Waals surface area (Å²) in [5, 5.41) is 35.4. The number of aliphatic hydroxyl groups excluding tert-OH is 2. The van der Waals surface area contributed by atoms with E-state index in [4.69, 9.17) is 11.5 Å². The molecule has 31 heavy (non-hydrogen) atoms. The lowest BCUT2D eigenvalue weighted by Gasteiger charge is -2.27. The topological polar surface area (TPSA) is 217 Å². The number of rotatable bonds is 15. The number of nitrogens with one attached hydrogen (secondary N) is 3. The molecule has 0 aromatic rings. The second-order valence-corrected chi connectivity index (χ2v) is 7.57. The second-order valence-electron chi connectivity index (χ2n) is 7.57. The summed E-state index contributed by atoms with van der Waals surface area (Å²) in [5.41, 5.74) is 11.0. The molecule has 0 aromatic heterocycles. The van der Waals surface area contributed by atoms with Crippen LogP contribution in [-0.4, -0.2) is 82.4 Å². The number of carbonyl (C=O) groups is 4. The molecule has 0 bridgehead atoms. The number of hydrogen-bond acceptors (Lipinski definition) is 8. The van der Waals surface area contributed by atoms with E-state index in [1.807, 2.05) is 0 Å². The molecule has 0 spiro atoms. The van der Waals surface area contributed by atoms with Crippen molar-refractivity contribution >= 4 is 23.7 Å². The first-order valence-electron chi connectivity index (χ1n) is 10.4. The molecule has 0 heterocycles. The van der Waals surface area contributed by atoms with Crippen molar-refractivity contribution in [1.29, 1.82) is 0 Å². The van der Waals surface area contributed by atoms with E-state index in [0.29, 0.717) is 25.8 Å². The lowest BCUT2D eigenvalue weighted by atomic mass is 9.97. The van der Waals surface area contributed by atoms with Gasteiger partial charge in [0.15, 0.2) is 0 Å². The Hall–Kier alpha value is -2.28. The van der Waals surface area contributed by atoms with E-state index in [9.17, 15) is 34.5 Å². The summed E-state index contributed by atoms with van der Waals surface area (Å²) in [6.45, 7) is 4.43. The van der Waals surface area contributed by atoms with Gasteiger partial charge in [0.2, 0.25) is 17.7 Å². The molecule has 6 atom stereocenters. The minimum atomic E-state index is -1.42. The summed E-state index contributed by atoms with van der Waals surface area (Å²) in [7, 11) is 0. The summed E-state index contributed by atoms with van der Waals surface area (Å²) in [6.07, 6.45) is 0.581. The molecule has 0 aliphatic heterocycles. The molecule has 12 nitrogen and oxygen atoms in total. The number of aliphatic hydroxyl groups is 2. The zero-order valence-corrected chi connectivity index (χ0v) is 18.3. The highest BCUT2D eigenvalue weighted by Crippen LogP contribution is 2.09. The minimum Gasteiger partial charge on any atom is -0.480 e. The number of aliphatic carboxylic acids is 1. The molecule has 0 saturated carbocycles. The fourth-order valence-electron chi connectivity index (χ4n) is 2.65. The highest BCUT2D eigenvalue weighted by Gasteiger charge is 2.32. The average Bonchev–Trinajstić information content (AvgIpc) is 2.73. The zero-order valence-electron chi connectivity index (χ0n) is 18.3. The molecular weight excluding hydrogens is 410 g/mol. The van der Waals surface area contributed by atoms with Crippen molar-refractivity contribution in [3.05, 3.63) is 0 Å². The molecule has 0 rings (SSSR count). The molecule has 0 aliphatic rings. The number of carboxylic acids is 1. The van der Waals surface area contributed by atoms with Crippen LogP contribution in [0.3, 0.4) is 0 Å². The average molecular weight is 448 g/mol. The van der Waals surface area contributed by atoms with E-state index >= 15 is 0 Å². The van der Waals surface area contributed by atoms with Gasteiger partial charge in [-0.2, -0.15) is 0 Å². The summed E-state index contributed by atoms with van der Waals surface area (Å²) in [4.78, 5) is 48.7. The molecule has 0 aliphatic carbocycles. The molecule has 0 radical (unpaired) electrons. The van der Waals surface area contributed by atoms with Crippen molar-refractivity contribution in [2.24, 2.45) is 17.4 Å². The predicted molar refractivity (Wildman–Crippen MR) is 113 cm³/mol. The molecule has 10 N–H and O–H groups in total. The van der Waals surface area contributed by atoms with Gasteiger partial charge in [0.25, 0.3) is 0 Å². The number of carboxylic acid groups (broad SMARTS) is 1. The summed E-state index contributed by atoms with van der Waals surface area (Å²) >= 11 is 0. The van der Waals surface area contributed by atoms with E-state index in [2.05, 4.69) is 16.0 Å². The van der Waals surface area contributed by atoms with Crippen LogP contribution >= 0.6 is 0 Å². The first-order valence-corrected chi connectivity index (χ1v) is 10.4. The van der Waals surface area contributed by atoms with E-state index < -0.39 is 60.6 Å². The highest BCUT2D eigenvalue weighted by molar-refractivity contribution is 5.94. The second kappa shape index (κ2) is 14.7. The Labute approximate surface area is 182 Å². The molecule has 180 valence electrons. The van der Waals surface area contributed by atoms with Crippen molar-refractivity contribution in [2.45, 2.75) is 76.7 Å². The monoisotopic (exact) mass is 447 g/mol. The van der Waals surface area contributed by atoms with E-state index in [1.54, 1.807) is 13.8 Å². The lowest BCUT2D eigenvalue weighted by Crippen LogP contribution is -2.60. The van der Waals surface area contributed by atoms with Crippen LogP contribution in [-0.2, 0) is 19.2 Å².